The van der Waals surface area contributed by atoms with Gasteiger partial charge in [0.15, 0.2) is 0 Å². The molecule has 0 aliphatic heterocycles. The van der Waals surface area contributed by atoms with E-state index in [9.17, 15) is 21.6 Å². The van der Waals surface area contributed by atoms with E-state index in [4.69, 9.17) is 15.9 Å². The summed E-state index contributed by atoms with van der Waals surface area (Å²) in [6.07, 6.45) is 0. The van der Waals surface area contributed by atoms with Gasteiger partial charge in [0.1, 0.15) is 6.07 Å². The molecule has 1 aromatic rings. The Labute approximate surface area is 110 Å². The van der Waals surface area contributed by atoms with Gasteiger partial charge >= 0.3 is 5.51 Å². The Balaban J connectivity index is 3.60. The van der Waals surface area contributed by atoms with Gasteiger partial charge in [-0.3, -0.25) is 0 Å². The number of thioether (sulfide) groups is 1. The van der Waals surface area contributed by atoms with E-state index in [1.54, 1.807) is 0 Å². The minimum absolute atomic E-state index is 0.331. The van der Waals surface area contributed by atoms with Gasteiger partial charge in [-0.15, -0.1) is 0 Å². The molecular formula is C9H5ClF3NO2S2. The zero-order valence-electron chi connectivity index (χ0n) is 8.75. The molecule has 0 aliphatic rings. The highest BCUT2D eigenvalue weighted by atomic mass is 35.7. The van der Waals surface area contributed by atoms with Crippen LogP contribution in [0.1, 0.15) is 11.1 Å². The normalized spacial score (nSPS) is 12.2. The average molecular weight is 316 g/mol. The summed E-state index contributed by atoms with van der Waals surface area (Å²) in [5, 5.41) is 8.76. The van der Waals surface area contributed by atoms with Crippen LogP contribution in [-0.4, -0.2) is 13.9 Å². The van der Waals surface area contributed by atoms with Crippen molar-refractivity contribution in [3.05, 3.63) is 23.3 Å². The number of hydrogen-bond donors (Lipinski definition) is 0. The summed E-state index contributed by atoms with van der Waals surface area (Å²) in [7, 11) is 0.715. The Morgan fingerprint density at radius 3 is 2.33 bits per heavy atom. The third-order valence-corrected chi connectivity index (χ3v) is 4.15. The lowest BCUT2D eigenvalue weighted by Crippen LogP contribution is -2.05. The van der Waals surface area contributed by atoms with Crippen LogP contribution < -0.4 is 0 Å². The smallest absolute Gasteiger partial charge is 0.207 e. The lowest BCUT2D eigenvalue weighted by Gasteiger charge is -2.11. The second-order valence-corrected chi connectivity index (χ2v) is 6.85. The summed E-state index contributed by atoms with van der Waals surface area (Å²) in [5.41, 5.74) is -4.76. The molecule has 0 N–H and O–H groups in total. The van der Waals surface area contributed by atoms with Crippen molar-refractivity contribution in [2.75, 3.05) is 0 Å². The number of aryl methyl sites for hydroxylation is 1. The topological polar surface area (TPSA) is 57.9 Å². The maximum atomic E-state index is 12.3. The highest BCUT2D eigenvalue weighted by Crippen LogP contribution is 2.42. The molecule has 0 unspecified atom stereocenters. The van der Waals surface area contributed by atoms with Crippen LogP contribution in [0.4, 0.5) is 13.2 Å². The molecule has 0 spiro atoms. The second kappa shape index (κ2) is 4.99. The Morgan fingerprint density at radius 2 is 1.94 bits per heavy atom. The SMILES string of the molecule is Cc1cc(C#N)c(SC(F)(F)F)c(S(=O)(=O)Cl)c1. The summed E-state index contributed by atoms with van der Waals surface area (Å²) >= 11 is -0.672. The predicted molar refractivity (Wildman–Crippen MR) is 60.8 cm³/mol. The van der Waals surface area contributed by atoms with Crippen molar-refractivity contribution < 1.29 is 21.6 Å². The molecule has 3 nitrogen and oxygen atoms in total. The fourth-order valence-electron chi connectivity index (χ4n) is 1.23. The van der Waals surface area contributed by atoms with Crippen LogP contribution in [-0.2, 0) is 9.05 Å². The van der Waals surface area contributed by atoms with Crippen LogP contribution in [0.3, 0.4) is 0 Å². The number of halogens is 4. The van der Waals surface area contributed by atoms with Crippen LogP contribution in [0.25, 0.3) is 0 Å². The Morgan fingerprint density at radius 1 is 1.39 bits per heavy atom. The van der Waals surface area contributed by atoms with Crippen molar-refractivity contribution in [2.45, 2.75) is 22.2 Å². The Bertz CT molecular complexity index is 620. The third kappa shape index (κ3) is 3.80. The highest BCUT2D eigenvalue weighted by molar-refractivity contribution is 8.14. The number of nitrogens with zero attached hydrogens (tertiary/aromatic N) is 1. The van der Waals surface area contributed by atoms with E-state index in [1.807, 2.05) is 0 Å². The maximum Gasteiger partial charge on any atom is 0.446 e. The first-order valence-electron chi connectivity index (χ1n) is 4.30. The van der Waals surface area contributed by atoms with Crippen LogP contribution in [0.5, 0.6) is 0 Å². The number of hydrogen-bond acceptors (Lipinski definition) is 4. The first-order chi connectivity index (χ1) is 8.04. The third-order valence-electron chi connectivity index (χ3n) is 1.80. The van der Waals surface area contributed by atoms with Gasteiger partial charge in [-0.25, -0.2) is 8.42 Å². The van der Waals surface area contributed by atoms with E-state index in [1.165, 1.54) is 19.1 Å². The lowest BCUT2D eigenvalue weighted by molar-refractivity contribution is -0.0329. The van der Waals surface area contributed by atoms with Crippen LogP contribution in [0.2, 0.25) is 0 Å². The quantitative estimate of drug-likeness (QED) is 0.620. The minimum atomic E-state index is -4.71. The van der Waals surface area contributed by atoms with Gasteiger partial charge in [-0.1, -0.05) is 0 Å². The van der Waals surface area contributed by atoms with Crippen molar-refractivity contribution in [3.8, 4) is 6.07 Å². The van der Waals surface area contributed by atoms with E-state index in [0.29, 0.717) is 5.56 Å². The lowest BCUT2D eigenvalue weighted by atomic mass is 10.1. The molecule has 0 aliphatic carbocycles. The number of alkyl halides is 3. The van der Waals surface area contributed by atoms with Crippen LogP contribution >= 0.6 is 22.4 Å². The van der Waals surface area contributed by atoms with Gasteiger partial charge in [0.05, 0.1) is 15.4 Å². The summed E-state index contributed by atoms with van der Waals surface area (Å²) in [5.74, 6) is 0. The highest BCUT2D eigenvalue weighted by Gasteiger charge is 2.34. The molecule has 1 aromatic carbocycles. The molecule has 0 fully saturated rings. The molecule has 18 heavy (non-hydrogen) atoms. The molecule has 0 atom stereocenters. The first-order valence-corrected chi connectivity index (χ1v) is 7.42. The molecule has 0 bridgehead atoms. The zero-order chi connectivity index (χ0) is 14.1. The molecule has 1 rings (SSSR count). The van der Waals surface area contributed by atoms with Crippen molar-refractivity contribution in [1.82, 2.24) is 0 Å². The standard InChI is InChI=1S/C9H5ClF3NO2S2/c1-5-2-6(4-14)8(17-9(11,12)13)7(3-5)18(10,15)16/h2-3H,1H3. The average Bonchev–Trinajstić information content (AvgIpc) is 2.16. The number of benzene rings is 1. The van der Waals surface area contributed by atoms with Gasteiger partial charge in [0.2, 0.25) is 0 Å². The molecule has 98 valence electrons. The van der Waals surface area contributed by atoms with Crippen molar-refractivity contribution in [1.29, 1.82) is 5.26 Å². The predicted octanol–water partition coefficient (Wildman–Crippen LogP) is 3.41. The van der Waals surface area contributed by atoms with Gasteiger partial charge in [0, 0.05) is 10.7 Å². The van der Waals surface area contributed by atoms with Crippen LogP contribution in [0.15, 0.2) is 21.9 Å². The van der Waals surface area contributed by atoms with Gasteiger partial charge in [-0.05, 0) is 36.4 Å². The molecular weight excluding hydrogens is 311 g/mol. The van der Waals surface area contributed by atoms with Gasteiger partial charge in [0.25, 0.3) is 9.05 Å². The van der Waals surface area contributed by atoms with E-state index >= 15 is 0 Å². The molecule has 0 heterocycles. The van der Waals surface area contributed by atoms with Crippen LogP contribution in [0, 0.1) is 18.3 Å². The second-order valence-electron chi connectivity index (χ2n) is 3.24. The summed E-state index contributed by atoms with van der Waals surface area (Å²) in [6, 6.07) is 3.69. The van der Waals surface area contributed by atoms with Crippen molar-refractivity contribution in [2.24, 2.45) is 0 Å². The number of rotatable bonds is 2. The molecule has 0 amide bonds. The fourth-order valence-corrected chi connectivity index (χ4v) is 3.45. The molecule has 0 saturated carbocycles. The minimum Gasteiger partial charge on any atom is -0.207 e. The van der Waals surface area contributed by atoms with Crippen molar-refractivity contribution >= 4 is 31.5 Å². The zero-order valence-corrected chi connectivity index (χ0v) is 11.1. The molecule has 0 aromatic heterocycles. The Hall–Kier alpha value is -0.910. The Kier molecular flexibility index (Phi) is 4.20. The summed E-state index contributed by atoms with van der Waals surface area (Å²) in [4.78, 5) is -1.41. The first kappa shape index (κ1) is 15.1. The summed E-state index contributed by atoms with van der Waals surface area (Å²) in [6.45, 7) is 1.45. The monoisotopic (exact) mass is 315 g/mol. The largest absolute Gasteiger partial charge is 0.446 e. The maximum absolute atomic E-state index is 12.3. The molecule has 0 radical (unpaired) electrons. The molecule has 0 saturated heterocycles. The van der Waals surface area contributed by atoms with E-state index in [2.05, 4.69) is 0 Å². The van der Waals surface area contributed by atoms with E-state index in [0.717, 1.165) is 6.07 Å². The molecule has 9 heteroatoms. The van der Waals surface area contributed by atoms with E-state index in [-0.39, 0.29) is 5.56 Å². The van der Waals surface area contributed by atoms with E-state index < -0.39 is 36.1 Å². The van der Waals surface area contributed by atoms with Gasteiger partial charge < -0.3 is 0 Å². The van der Waals surface area contributed by atoms with Crippen molar-refractivity contribution in [3.63, 3.8) is 0 Å². The number of nitriles is 1. The summed E-state index contributed by atoms with van der Waals surface area (Å²) < 4.78 is 59.5. The fraction of sp³-hybridized carbons (Fsp3) is 0.222. The van der Waals surface area contributed by atoms with Gasteiger partial charge in [-0.2, -0.15) is 18.4 Å².